The van der Waals surface area contributed by atoms with Crippen LogP contribution in [0.5, 0.6) is 11.5 Å². The standard InChI is InChI=1S/C33H32N4O6S2/c1-40-28-18-24(25(34)19-29(28)41-2)31(38)37-26-8-4-3-7-22(26)17-27(37)32-36(15-16-42-32)33(39)43-20-21-10-12-23(13-11-21)44-45-30-9-5-6-14-35-30/h3-14,18-19,27,32H,15-17,20,34H2,1-2H3/t27-,32?/m0/s1. The third-order valence-electron chi connectivity index (χ3n) is 7.66. The smallest absolute Gasteiger partial charge is 0.412 e. The van der Waals surface area contributed by atoms with Crippen LogP contribution in [0.15, 0.2) is 95.0 Å². The van der Waals surface area contributed by atoms with E-state index in [1.807, 2.05) is 66.7 Å². The van der Waals surface area contributed by atoms with Crippen molar-refractivity contribution < 1.29 is 28.5 Å². The van der Waals surface area contributed by atoms with Gasteiger partial charge in [0.05, 0.1) is 39.0 Å². The average molecular weight is 645 g/mol. The molecule has 1 fully saturated rings. The molecule has 1 aromatic heterocycles. The summed E-state index contributed by atoms with van der Waals surface area (Å²) in [5, 5.41) is 0.931. The van der Waals surface area contributed by atoms with Crippen molar-refractivity contribution in [3.63, 3.8) is 0 Å². The van der Waals surface area contributed by atoms with Gasteiger partial charge in [0.25, 0.3) is 5.91 Å². The predicted octanol–water partition coefficient (Wildman–Crippen LogP) is 6.05. The van der Waals surface area contributed by atoms with Crippen molar-refractivity contribution in [2.75, 3.05) is 38.0 Å². The van der Waals surface area contributed by atoms with Crippen LogP contribution in [-0.2, 0) is 22.5 Å². The quantitative estimate of drug-likeness (QED) is 0.171. The summed E-state index contributed by atoms with van der Waals surface area (Å²) in [5.74, 6) is 0.487. The van der Waals surface area contributed by atoms with Crippen molar-refractivity contribution >= 4 is 45.0 Å². The van der Waals surface area contributed by atoms with E-state index < -0.39 is 18.4 Å². The van der Waals surface area contributed by atoms with Gasteiger partial charge in [-0.3, -0.25) is 9.69 Å². The van der Waals surface area contributed by atoms with E-state index in [9.17, 15) is 9.59 Å². The zero-order valence-corrected chi connectivity index (χ0v) is 26.4. The predicted molar refractivity (Wildman–Crippen MR) is 174 cm³/mol. The molecule has 0 radical (unpaired) electrons. The minimum absolute atomic E-state index is 0.107. The Morgan fingerprint density at radius 1 is 0.978 bits per heavy atom. The maximum Gasteiger partial charge on any atom is 0.412 e. The molecule has 1 saturated heterocycles. The highest BCUT2D eigenvalue weighted by Gasteiger charge is 2.46. The van der Waals surface area contributed by atoms with Crippen molar-refractivity contribution in [2.24, 2.45) is 0 Å². The topological polar surface area (TPSA) is 116 Å². The van der Waals surface area contributed by atoms with E-state index in [0.29, 0.717) is 31.1 Å². The minimum atomic E-state index is -0.711. The number of nitrogens with zero attached hydrogens (tertiary/aromatic N) is 3. The molecule has 4 aromatic rings. The number of nitrogens with two attached hydrogens (primary N) is 1. The van der Waals surface area contributed by atoms with E-state index >= 15 is 0 Å². The summed E-state index contributed by atoms with van der Waals surface area (Å²) in [5.41, 5.74) is 9.42. The van der Waals surface area contributed by atoms with Crippen LogP contribution < -0.4 is 20.1 Å². The van der Waals surface area contributed by atoms with E-state index in [4.69, 9.17) is 24.7 Å². The number of amides is 2. The van der Waals surface area contributed by atoms with E-state index in [-0.39, 0.29) is 23.8 Å². The maximum absolute atomic E-state index is 14.2. The molecule has 1 unspecified atom stereocenters. The summed E-state index contributed by atoms with van der Waals surface area (Å²) >= 11 is 0. The zero-order chi connectivity index (χ0) is 31.3. The Morgan fingerprint density at radius 2 is 1.73 bits per heavy atom. The van der Waals surface area contributed by atoms with Gasteiger partial charge in [0.1, 0.15) is 11.6 Å². The number of para-hydroxylation sites is 1. The van der Waals surface area contributed by atoms with Crippen molar-refractivity contribution in [2.45, 2.75) is 35.2 Å². The second-order valence-electron chi connectivity index (χ2n) is 10.4. The zero-order valence-electron chi connectivity index (χ0n) is 24.8. The second kappa shape index (κ2) is 13.7. The van der Waals surface area contributed by atoms with Crippen molar-refractivity contribution in [1.82, 2.24) is 9.88 Å². The van der Waals surface area contributed by atoms with Gasteiger partial charge in [-0.1, -0.05) is 47.2 Å². The lowest BCUT2D eigenvalue weighted by molar-refractivity contribution is 0.00682. The first-order valence-electron chi connectivity index (χ1n) is 14.3. The molecular weight excluding hydrogens is 613 g/mol. The Kier molecular flexibility index (Phi) is 9.34. The van der Waals surface area contributed by atoms with Gasteiger partial charge in [-0.05, 0) is 64.7 Å². The third kappa shape index (κ3) is 6.53. The van der Waals surface area contributed by atoms with Crippen molar-refractivity contribution in [1.29, 1.82) is 0 Å². The molecule has 2 aliphatic heterocycles. The lowest BCUT2D eigenvalue weighted by Crippen LogP contribution is -2.52. The monoisotopic (exact) mass is 644 g/mol. The van der Waals surface area contributed by atoms with Gasteiger partial charge in [0.2, 0.25) is 0 Å². The second-order valence-corrected chi connectivity index (χ2v) is 12.6. The number of fused-ring (bicyclic) bond motifs is 1. The van der Waals surface area contributed by atoms with Crippen LogP contribution in [0.1, 0.15) is 21.5 Å². The summed E-state index contributed by atoms with van der Waals surface area (Å²) in [6, 6.07) is 24.0. The maximum atomic E-state index is 14.2. The van der Waals surface area contributed by atoms with Gasteiger partial charge in [0.15, 0.2) is 17.7 Å². The highest BCUT2D eigenvalue weighted by Crippen LogP contribution is 2.40. The molecule has 12 heteroatoms. The third-order valence-corrected chi connectivity index (χ3v) is 9.95. The first-order valence-corrected chi connectivity index (χ1v) is 16.4. The summed E-state index contributed by atoms with van der Waals surface area (Å²) in [6.45, 7) is 0.778. The average Bonchev–Trinajstić information content (AvgIpc) is 3.72. The van der Waals surface area contributed by atoms with Crippen LogP contribution in [-0.4, -0.2) is 61.5 Å². The van der Waals surface area contributed by atoms with Gasteiger partial charge >= 0.3 is 6.09 Å². The number of rotatable bonds is 9. The molecule has 0 saturated carbocycles. The van der Waals surface area contributed by atoms with E-state index in [0.717, 1.165) is 26.7 Å². The van der Waals surface area contributed by atoms with Crippen molar-refractivity contribution in [3.05, 3.63) is 102 Å². The number of carbonyl (C=O) groups excluding carboxylic acids is 2. The number of nitrogen functional groups attached to an aromatic ring is 1. The fourth-order valence-electron chi connectivity index (χ4n) is 5.47. The fraction of sp³-hybridized carbons (Fsp3) is 0.242. The van der Waals surface area contributed by atoms with Crippen LogP contribution in [0, 0.1) is 0 Å². The molecule has 2 aliphatic rings. The van der Waals surface area contributed by atoms with E-state index in [2.05, 4.69) is 4.98 Å². The summed E-state index contributed by atoms with van der Waals surface area (Å²) in [7, 11) is 6.20. The van der Waals surface area contributed by atoms with Gasteiger partial charge in [-0.15, -0.1) is 0 Å². The Bertz CT molecular complexity index is 1670. The molecular formula is C33H32N4O6S2. The Labute approximate surface area is 269 Å². The highest BCUT2D eigenvalue weighted by atomic mass is 33.1. The number of benzene rings is 3. The number of hydrogen-bond acceptors (Lipinski definition) is 10. The molecule has 2 N–H and O–H groups in total. The number of hydrogen-bond donors (Lipinski definition) is 1. The van der Waals surface area contributed by atoms with Gasteiger partial charge < -0.3 is 29.6 Å². The Balaban J connectivity index is 1.16. The summed E-state index contributed by atoms with van der Waals surface area (Å²) in [4.78, 5) is 36.2. The fourth-order valence-corrected chi connectivity index (χ4v) is 7.31. The summed E-state index contributed by atoms with van der Waals surface area (Å²) < 4.78 is 22.6. The van der Waals surface area contributed by atoms with Gasteiger partial charge in [-0.2, -0.15) is 0 Å². The van der Waals surface area contributed by atoms with Crippen LogP contribution in [0.4, 0.5) is 16.2 Å². The largest absolute Gasteiger partial charge is 0.493 e. The van der Waals surface area contributed by atoms with E-state index in [1.54, 1.807) is 49.7 Å². The molecule has 6 rings (SSSR count). The van der Waals surface area contributed by atoms with Gasteiger partial charge in [-0.25, -0.2) is 9.78 Å². The lowest BCUT2D eigenvalue weighted by atomic mass is 10.1. The van der Waals surface area contributed by atoms with E-state index in [1.165, 1.54) is 14.2 Å². The molecule has 10 nitrogen and oxygen atoms in total. The molecule has 0 bridgehead atoms. The first kappa shape index (κ1) is 30.6. The highest BCUT2D eigenvalue weighted by molar-refractivity contribution is 8.76. The normalized spacial score (nSPS) is 17.2. The number of ether oxygens (including phenoxy) is 4. The lowest BCUT2D eigenvalue weighted by Gasteiger charge is -2.33. The molecule has 2 atom stereocenters. The molecule has 232 valence electrons. The number of anilines is 2. The van der Waals surface area contributed by atoms with Crippen LogP contribution >= 0.6 is 21.6 Å². The first-order chi connectivity index (χ1) is 22.0. The Morgan fingerprint density at radius 3 is 2.49 bits per heavy atom. The Hall–Kier alpha value is -4.39. The van der Waals surface area contributed by atoms with Crippen molar-refractivity contribution in [3.8, 4) is 11.5 Å². The number of methoxy groups -OCH3 is 2. The van der Waals surface area contributed by atoms with Gasteiger partial charge in [0, 0.05) is 28.5 Å². The van der Waals surface area contributed by atoms with Crippen LogP contribution in [0.3, 0.4) is 0 Å². The molecule has 3 heterocycles. The number of pyridine rings is 1. The minimum Gasteiger partial charge on any atom is -0.493 e. The molecule has 2 amide bonds. The SMILES string of the molecule is COc1cc(N)c(C(=O)N2c3ccccc3C[C@H]2C2OCCN2C(=O)OCc2ccc(SSc3ccccn3)cc2)cc1OC. The summed E-state index contributed by atoms with van der Waals surface area (Å²) in [6.07, 6.45) is 1.05. The van der Waals surface area contributed by atoms with Crippen LogP contribution in [0.25, 0.3) is 0 Å². The molecule has 0 spiro atoms. The number of carbonyl (C=O) groups is 2. The molecule has 45 heavy (non-hydrogen) atoms. The van der Waals surface area contributed by atoms with Crippen LogP contribution in [0.2, 0.25) is 0 Å². The number of aromatic nitrogens is 1. The molecule has 0 aliphatic carbocycles. The molecule has 3 aromatic carbocycles.